The molecule has 0 fully saturated rings. The molecular formula is C13H14F3N3O. The third-order valence-corrected chi connectivity index (χ3v) is 2.98. The number of hydrogen-bond donors (Lipinski definition) is 1. The molecule has 1 aromatic heterocycles. The van der Waals surface area contributed by atoms with Crippen molar-refractivity contribution in [1.82, 2.24) is 10.1 Å². The van der Waals surface area contributed by atoms with Crippen LogP contribution in [0.4, 0.5) is 13.2 Å². The minimum atomic E-state index is -4.65. The van der Waals surface area contributed by atoms with E-state index < -0.39 is 17.6 Å². The normalized spacial score (nSPS) is 15.1. The second-order valence-corrected chi connectivity index (χ2v) is 4.88. The fourth-order valence-corrected chi connectivity index (χ4v) is 1.55. The highest BCUT2D eigenvalue weighted by Gasteiger charge is 2.53. The van der Waals surface area contributed by atoms with E-state index in [9.17, 15) is 13.2 Å². The van der Waals surface area contributed by atoms with E-state index in [1.165, 1.54) is 0 Å². The van der Waals surface area contributed by atoms with Crippen molar-refractivity contribution < 1.29 is 17.7 Å². The molecule has 1 heterocycles. The van der Waals surface area contributed by atoms with Gasteiger partial charge >= 0.3 is 6.18 Å². The second kappa shape index (κ2) is 4.90. The van der Waals surface area contributed by atoms with E-state index in [1.807, 2.05) is 31.2 Å². The molecule has 2 rings (SSSR count). The number of benzene rings is 1. The largest absolute Gasteiger partial charge is 0.415 e. The van der Waals surface area contributed by atoms with Gasteiger partial charge in [0.05, 0.1) is 0 Å². The van der Waals surface area contributed by atoms with Crippen LogP contribution in [0.15, 0.2) is 28.8 Å². The lowest BCUT2D eigenvalue weighted by Crippen LogP contribution is -2.48. The molecule has 0 amide bonds. The Kier molecular flexibility index (Phi) is 3.56. The summed E-state index contributed by atoms with van der Waals surface area (Å²) < 4.78 is 42.9. The van der Waals surface area contributed by atoms with Gasteiger partial charge in [-0.25, -0.2) is 0 Å². The Bertz CT molecular complexity index is 588. The number of nitrogens with zero attached hydrogens (tertiary/aromatic N) is 2. The molecule has 1 unspecified atom stereocenters. The minimum Gasteiger partial charge on any atom is -0.337 e. The fourth-order valence-electron chi connectivity index (χ4n) is 1.55. The molecule has 2 N–H and O–H groups in total. The van der Waals surface area contributed by atoms with Crippen LogP contribution in [0.2, 0.25) is 0 Å². The highest BCUT2D eigenvalue weighted by Crippen LogP contribution is 2.35. The van der Waals surface area contributed by atoms with Crippen LogP contribution in [-0.4, -0.2) is 16.3 Å². The van der Waals surface area contributed by atoms with E-state index in [1.54, 1.807) is 0 Å². The van der Waals surface area contributed by atoms with Crippen LogP contribution >= 0.6 is 0 Å². The number of aromatic nitrogens is 2. The van der Waals surface area contributed by atoms with E-state index in [2.05, 4.69) is 14.7 Å². The standard InChI is InChI=1S/C13H14F3N3O/c1-8-3-5-9(6-4-8)7-10-18-11(20-19-10)12(2,17)13(14,15)16/h3-6H,7,17H2,1-2H3. The molecule has 1 atom stereocenters. The maximum Gasteiger partial charge on any atom is 0.415 e. The first kappa shape index (κ1) is 14.5. The van der Waals surface area contributed by atoms with Crippen LogP contribution in [0.3, 0.4) is 0 Å². The zero-order valence-electron chi connectivity index (χ0n) is 11.0. The van der Waals surface area contributed by atoms with Gasteiger partial charge in [0, 0.05) is 6.42 Å². The molecule has 0 saturated carbocycles. The third-order valence-electron chi connectivity index (χ3n) is 2.98. The first-order valence-electron chi connectivity index (χ1n) is 5.94. The quantitative estimate of drug-likeness (QED) is 0.941. The Balaban J connectivity index is 2.19. The van der Waals surface area contributed by atoms with E-state index in [4.69, 9.17) is 5.73 Å². The summed E-state index contributed by atoms with van der Waals surface area (Å²) in [7, 11) is 0. The van der Waals surface area contributed by atoms with Crippen LogP contribution in [0.1, 0.15) is 29.8 Å². The van der Waals surface area contributed by atoms with Gasteiger partial charge in [0.1, 0.15) is 0 Å². The molecule has 0 saturated heterocycles. The summed E-state index contributed by atoms with van der Waals surface area (Å²) in [4.78, 5) is 3.74. The van der Waals surface area contributed by atoms with Crippen molar-refractivity contribution in [2.45, 2.75) is 32.0 Å². The average Bonchev–Trinajstić information content (AvgIpc) is 2.80. The van der Waals surface area contributed by atoms with Crippen molar-refractivity contribution in [1.29, 1.82) is 0 Å². The van der Waals surface area contributed by atoms with Crippen LogP contribution in [0.5, 0.6) is 0 Å². The van der Waals surface area contributed by atoms with Crippen LogP contribution in [-0.2, 0) is 12.0 Å². The van der Waals surface area contributed by atoms with Crippen LogP contribution in [0.25, 0.3) is 0 Å². The smallest absolute Gasteiger partial charge is 0.337 e. The third kappa shape index (κ3) is 2.82. The molecule has 108 valence electrons. The van der Waals surface area contributed by atoms with Crippen molar-refractivity contribution in [2.24, 2.45) is 5.73 Å². The molecule has 0 spiro atoms. The van der Waals surface area contributed by atoms with Crippen LogP contribution in [0, 0.1) is 6.92 Å². The predicted octanol–water partition coefficient (Wildman–Crippen LogP) is 2.71. The maximum absolute atomic E-state index is 12.7. The molecule has 1 aromatic carbocycles. The van der Waals surface area contributed by atoms with Crippen molar-refractivity contribution >= 4 is 0 Å². The Morgan fingerprint density at radius 2 is 1.80 bits per heavy atom. The highest BCUT2D eigenvalue weighted by molar-refractivity contribution is 5.23. The first-order valence-corrected chi connectivity index (χ1v) is 5.94. The van der Waals surface area contributed by atoms with Gasteiger partial charge in [-0.05, 0) is 19.4 Å². The lowest BCUT2D eigenvalue weighted by molar-refractivity contribution is -0.190. The van der Waals surface area contributed by atoms with Gasteiger partial charge in [-0.1, -0.05) is 35.0 Å². The molecule has 0 aliphatic heterocycles. The number of rotatable bonds is 3. The summed E-state index contributed by atoms with van der Waals surface area (Å²) in [5.41, 5.74) is 4.55. The lowest BCUT2D eigenvalue weighted by atomic mass is 10.0. The van der Waals surface area contributed by atoms with Crippen LogP contribution < -0.4 is 5.73 Å². The summed E-state index contributed by atoms with van der Waals surface area (Å²) in [5, 5.41) is 3.55. The molecule has 20 heavy (non-hydrogen) atoms. The highest BCUT2D eigenvalue weighted by atomic mass is 19.4. The Hall–Kier alpha value is -1.89. The lowest BCUT2D eigenvalue weighted by Gasteiger charge is -2.22. The SMILES string of the molecule is Cc1ccc(Cc2noc(C(C)(N)C(F)(F)F)n2)cc1. The summed E-state index contributed by atoms with van der Waals surface area (Å²) in [6, 6.07) is 7.52. The number of alkyl halides is 3. The summed E-state index contributed by atoms with van der Waals surface area (Å²) in [5.74, 6) is -0.461. The fraction of sp³-hybridized carbons (Fsp3) is 0.385. The Labute approximate surface area is 113 Å². The summed E-state index contributed by atoms with van der Waals surface area (Å²) in [6.07, 6.45) is -4.36. The van der Waals surface area contributed by atoms with Gasteiger partial charge in [-0.15, -0.1) is 0 Å². The molecule has 4 nitrogen and oxygen atoms in total. The Morgan fingerprint density at radius 3 is 2.35 bits per heavy atom. The zero-order chi connectivity index (χ0) is 15.0. The summed E-state index contributed by atoms with van der Waals surface area (Å²) in [6.45, 7) is 2.75. The molecule has 7 heteroatoms. The van der Waals surface area contributed by atoms with Gasteiger partial charge in [-0.3, -0.25) is 0 Å². The second-order valence-electron chi connectivity index (χ2n) is 4.88. The number of aryl methyl sites for hydroxylation is 1. The number of nitrogens with two attached hydrogens (primary N) is 1. The first-order chi connectivity index (χ1) is 9.20. The van der Waals surface area contributed by atoms with Crippen molar-refractivity contribution in [3.05, 3.63) is 47.1 Å². The van der Waals surface area contributed by atoms with E-state index in [0.717, 1.165) is 18.1 Å². The van der Waals surface area contributed by atoms with Gasteiger partial charge in [-0.2, -0.15) is 18.2 Å². The number of hydrogen-bond acceptors (Lipinski definition) is 4. The molecule has 0 bridgehead atoms. The van der Waals surface area contributed by atoms with E-state index in [-0.39, 0.29) is 12.2 Å². The van der Waals surface area contributed by atoms with Crippen molar-refractivity contribution in [3.8, 4) is 0 Å². The Morgan fingerprint density at radius 1 is 1.20 bits per heavy atom. The van der Waals surface area contributed by atoms with Gasteiger partial charge in [0.25, 0.3) is 5.89 Å². The minimum absolute atomic E-state index is 0.171. The average molecular weight is 285 g/mol. The van der Waals surface area contributed by atoms with Crippen molar-refractivity contribution in [2.75, 3.05) is 0 Å². The van der Waals surface area contributed by atoms with E-state index >= 15 is 0 Å². The van der Waals surface area contributed by atoms with Gasteiger partial charge < -0.3 is 10.3 Å². The topological polar surface area (TPSA) is 64.9 Å². The van der Waals surface area contributed by atoms with Crippen molar-refractivity contribution in [3.63, 3.8) is 0 Å². The molecular weight excluding hydrogens is 271 g/mol. The predicted molar refractivity (Wildman–Crippen MR) is 65.9 cm³/mol. The maximum atomic E-state index is 12.7. The van der Waals surface area contributed by atoms with Gasteiger partial charge in [0.15, 0.2) is 11.4 Å². The van der Waals surface area contributed by atoms with Gasteiger partial charge in [0.2, 0.25) is 0 Å². The zero-order valence-corrected chi connectivity index (χ0v) is 11.0. The molecule has 0 aliphatic carbocycles. The molecule has 2 aromatic rings. The number of halogens is 3. The van der Waals surface area contributed by atoms with E-state index in [0.29, 0.717) is 0 Å². The molecule has 0 aliphatic rings. The monoisotopic (exact) mass is 285 g/mol. The summed E-state index contributed by atoms with van der Waals surface area (Å²) >= 11 is 0. The molecule has 0 radical (unpaired) electrons.